The molecule has 6 heteroatoms. The van der Waals surface area contributed by atoms with E-state index >= 15 is 0 Å². The van der Waals surface area contributed by atoms with E-state index in [1.807, 2.05) is 6.20 Å². The molecule has 0 bridgehead atoms. The number of aromatic nitrogens is 2. The minimum Gasteiger partial charge on any atom is -0.305 e. The molecular formula is C13H8ClN3O2. The number of non-ortho nitro benzene ring substituents is 1. The van der Waals surface area contributed by atoms with Crippen LogP contribution in [-0.2, 0) is 0 Å². The zero-order valence-corrected chi connectivity index (χ0v) is 10.4. The molecule has 2 heterocycles. The maximum Gasteiger partial charge on any atom is 0.270 e. The third-order valence-electron chi connectivity index (χ3n) is 2.83. The molecule has 2 aromatic heterocycles. The molecule has 0 unspecified atom stereocenters. The van der Waals surface area contributed by atoms with E-state index in [1.54, 1.807) is 35.0 Å². The monoisotopic (exact) mass is 273 g/mol. The van der Waals surface area contributed by atoms with Gasteiger partial charge in [0.05, 0.1) is 9.95 Å². The summed E-state index contributed by atoms with van der Waals surface area (Å²) in [5, 5.41) is 11.3. The number of nitrogens with zero attached hydrogens (tertiary/aromatic N) is 3. The van der Waals surface area contributed by atoms with Gasteiger partial charge in [-0.2, -0.15) is 0 Å². The second-order valence-electron chi connectivity index (χ2n) is 4.04. The normalized spacial score (nSPS) is 10.8. The number of benzene rings is 1. The Kier molecular flexibility index (Phi) is 2.68. The fourth-order valence-corrected chi connectivity index (χ4v) is 2.21. The number of rotatable bonds is 2. The Morgan fingerprint density at radius 1 is 1.26 bits per heavy atom. The predicted molar refractivity (Wildman–Crippen MR) is 72.3 cm³/mol. The summed E-state index contributed by atoms with van der Waals surface area (Å²) in [4.78, 5) is 14.5. The zero-order valence-electron chi connectivity index (χ0n) is 9.65. The number of nitro groups is 1. The molecular weight excluding hydrogens is 266 g/mol. The summed E-state index contributed by atoms with van der Waals surface area (Å²) in [7, 11) is 0. The second-order valence-corrected chi connectivity index (χ2v) is 4.45. The van der Waals surface area contributed by atoms with Crippen molar-refractivity contribution >= 4 is 22.9 Å². The quantitative estimate of drug-likeness (QED) is 0.530. The number of fused-ring (bicyclic) bond motifs is 1. The summed E-state index contributed by atoms with van der Waals surface area (Å²) in [5.41, 5.74) is 2.26. The average Bonchev–Trinajstić information content (AvgIpc) is 2.87. The molecule has 0 aliphatic heterocycles. The number of imidazole rings is 1. The van der Waals surface area contributed by atoms with Gasteiger partial charge in [0, 0.05) is 36.3 Å². The largest absolute Gasteiger partial charge is 0.305 e. The molecule has 0 radical (unpaired) electrons. The molecule has 0 fully saturated rings. The highest BCUT2D eigenvalue weighted by atomic mass is 35.5. The average molecular weight is 274 g/mol. The van der Waals surface area contributed by atoms with E-state index < -0.39 is 4.92 Å². The Morgan fingerprint density at radius 2 is 2.11 bits per heavy atom. The molecule has 0 spiro atoms. The first-order chi connectivity index (χ1) is 9.15. The van der Waals surface area contributed by atoms with E-state index in [2.05, 4.69) is 4.98 Å². The van der Waals surface area contributed by atoms with E-state index in [4.69, 9.17) is 11.6 Å². The molecule has 0 aliphatic carbocycles. The van der Waals surface area contributed by atoms with Gasteiger partial charge >= 0.3 is 0 Å². The lowest BCUT2D eigenvalue weighted by atomic mass is 10.1. The molecule has 0 amide bonds. The highest BCUT2D eigenvalue weighted by molar-refractivity contribution is 6.33. The molecule has 3 rings (SSSR count). The fourth-order valence-electron chi connectivity index (χ4n) is 1.95. The third-order valence-corrected chi connectivity index (χ3v) is 3.11. The molecule has 0 atom stereocenters. The first kappa shape index (κ1) is 11.7. The number of pyridine rings is 1. The topological polar surface area (TPSA) is 60.4 Å². The fraction of sp³-hybridized carbons (Fsp3) is 0. The summed E-state index contributed by atoms with van der Waals surface area (Å²) >= 11 is 6.14. The van der Waals surface area contributed by atoms with Gasteiger partial charge in [0.25, 0.3) is 5.69 Å². The van der Waals surface area contributed by atoms with Gasteiger partial charge in [-0.1, -0.05) is 23.7 Å². The molecule has 3 aromatic rings. The van der Waals surface area contributed by atoms with E-state index in [1.165, 1.54) is 12.1 Å². The van der Waals surface area contributed by atoms with E-state index in [9.17, 15) is 10.1 Å². The highest BCUT2D eigenvalue weighted by Crippen LogP contribution is 2.27. The molecule has 19 heavy (non-hydrogen) atoms. The van der Waals surface area contributed by atoms with Crippen LogP contribution in [0.4, 0.5) is 5.69 Å². The number of hydrogen-bond acceptors (Lipinski definition) is 3. The summed E-state index contributed by atoms with van der Waals surface area (Å²) in [6.45, 7) is 0. The third kappa shape index (κ3) is 2.04. The van der Waals surface area contributed by atoms with Crippen molar-refractivity contribution < 1.29 is 4.92 Å². The number of nitro benzene ring substituents is 1. The van der Waals surface area contributed by atoms with E-state index in [0.717, 1.165) is 11.1 Å². The Labute approximate surface area is 113 Å². The summed E-state index contributed by atoms with van der Waals surface area (Å²) < 4.78 is 1.79. The highest BCUT2D eigenvalue weighted by Gasteiger charge is 2.09. The van der Waals surface area contributed by atoms with Crippen molar-refractivity contribution in [1.82, 2.24) is 9.38 Å². The van der Waals surface area contributed by atoms with Crippen LogP contribution in [0.15, 0.2) is 48.9 Å². The standard InChI is InChI=1S/C13H8ClN3O2/c14-12-7-10(8-16-5-4-15-13(12)16)9-2-1-3-11(6-9)17(18)19/h1-8H. The minimum atomic E-state index is -0.416. The lowest BCUT2D eigenvalue weighted by molar-refractivity contribution is -0.384. The minimum absolute atomic E-state index is 0.0550. The SMILES string of the molecule is O=[N+]([O-])c1cccc(-c2cc(Cl)c3nccn3c2)c1. The molecule has 94 valence electrons. The lowest BCUT2D eigenvalue weighted by Gasteiger charge is -2.04. The number of hydrogen-bond donors (Lipinski definition) is 0. The van der Waals surface area contributed by atoms with Gasteiger partial charge in [-0.15, -0.1) is 0 Å². The zero-order chi connectivity index (χ0) is 13.4. The van der Waals surface area contributed by atoms with Crippen molar-refractivity contribution in [2.45, 2.75) is 0 Å². The smallest absolute Gasteiger partial charge is 0.270 e. The van der Waals surface area contributed by atoms with Crippen molar-refractivity contribution in [3.05, 3.63) is 64.1 Å². The van der Waals surface area contributed by atoms with Crippen LogP contribution in [0.5, 0.6) is 0 Å². The summed E-state index contributed by atoms with van der Waals surface area (Å²) in [6, 6.07) is 8.19. The van der Waals surface area contributed by atoms with Crippen LogP contribution in [0.25, 0.3) is 16.8 Å². The van der Waals surface area contributed by atoms with Crippen LogP contribution >= 0.6 is 11.6 Å². The van der Waals surface area contributed by atoms with Crippen molar-refractivity contribution in [3.8, 4) is 11.1 Å². The van der Waals surface area contributed by atoms with Crippen LogP contribution in [0.1, 0.15) is 0 Å². The Morgan fingerprint density at radius 3 is 2.89 bits per heavy atom. The van der Waals surface area contributed by atoms with Crippen molar-refractivity contribution in [2.24, 2.45) is 0 Å². The van der Waals surface area contributed by atoms with Crippen LogP contribution in [0.3, 0.4) is 0 Å². The van der Waals surface area contributed by atoms with E-state index in [-0.39, 0.29) is 5.69 Å². The maximum absolute atomic E-state index is 10.8. The molecule has 5 nitrogen and oxygen atoms in total. The molecule has 0 saturated carbocycles. The molecule has 0 N–H and O–H groups in total. The van der Waals surface area contributed by atoms with E-state index in [0.29, 0.717) is 10.7 Å². The maximum atomic E-state index is 10.8. The van der Waals surface area contributed by atoms with Crippen LogP contribution < -0.4 is 0 Å². The molecule has 0 saturated heterocycles. The van der Waals surface area contributed by atoms with Gasteiger partial charge in [0.2, 0.25) is 0 Å². The van der Waals surface area contributed by atoms with Gasteiger partial charge in [-0.3, -0.25) is 10.1 Å². The van der Waals surface area contributed by atoms with Crippen LogP contribution in [0.2, 0.25) is 5.02 Å². The Balaban J connectivity index is 2.18. The Bertz CT molecular complexity index is 782. The first-order valence-corrected chi connectivity index (χ1v) is 5.90. The van der Waals surface area contributed by atoms with Crippen LogP contribution in [-0.4, -0.2) is 14.3 Å². The van der Waals surface area contributed by atoms with Crippen molar-refractivity contribution in [1.29, 1.82) is 0 Å². The van der Waals surface area contributed by atoms with Gasteiger partial charge in [-0.25, -0.2) is 4.98 Å². The van der Waals surface area contributed by atoms with Gasteiger partial charge in [-0.05, 0) is 11.6 Å². The first-order valence-electron chi connectivity index (χ1n) is 5.52. The van der Waals surface area contributed by atoms with Crippen LogP contribution in [0, 0.1) is 10.1 Å². The Hall–Kier alpha value is -2.40. The van der Waals surface area contributed by atoms with Gasteiger partial charge < -0.3 is 4.40 Å². The summed E-state index contributed by atoms with van der Waals surface area (Å²) in [6.07, 6.45) is 5.27. The van der Waals surface area contributed by atoms with Gasteiger partial charge in [0.15, 0.2) is 5.65 Å². The van der Waals surface area contributed by atoms with Gasteiger partial charge in [0.1, 0.15) is 0 Å². The summed E-state index contributed by atoms with van der Waals surface area (Å²) in [5.74, 6) is 0. The molecule has 0 aliphatic rings. The number of halogens is 1. The molecule has 1 aromatic carbocycles. The lowest BCUT2D eigenvalue weighted by Crippen LogP contribution is -1.90. The predicted octanol–water partition coefficient (Wildman–Crippen LogP) is 3.56. The van der Waals surface area contributed by atoms with Crippen molar-refractivity contribution in [2.75, 3.05) is 0 Å². The van der Waals surface area contributed by atoms with Crippen molar-refractivity contribution in [3.63, 3.8) is 0 Å². The second kappa shape index (κ2) is 4.37.